The molecule has 0 aromatic heterocycles. The van der Waals surface area contributed by atoms with Gasteiger partial charge in [0.15, 0.2) is 0 Å². The van der Waals surface area contributed by atoms with E-state index in [0.29, 0.717) is 5.92 Å². The van der Waals surface area contributed by atoms with Gasteiger partial charge in [-0.2, -0.15) is 11.1 Å². The van der Waals surface area contributed by atoms with Gasteiger partial charge >= 0.3 is 26.2 Å². The van der Waals surface area contributed by atoms with E-state index in [1.54, 1.807) is 0 Å². The predicted octanol–water partition coefficient (Wildman–Crippen LogP) is 9.42. The van der Waals surface area contributed by atoms with E-state index in [1.165, 1.54) is 47.6 Å². The Morgan fingerprint density at radius 3 is 2.14 bits per heavy atom. The Bertz CT molecular complexity index is 1370. The zero-order chi connectivity index (χ0) is 21.5. The van der Waals surface area contributed by atoms with E-state index in [2.05, 4.69) is 125 Å². The summed E-state index contributed by atoms with van der Waals surface area (Å²) in [5.74, 6) is 0.606. The van der Waals surface area contributed by atoms with Gasteiger partial charge in [0.25, 0.3) is 0 Å². The third-order valence-electron chi connectivity index (χ3n) is 6.12. The normalized spacial score (nSPS) is 16.8. The molecule has 35 heavy (non-hydrogen) atoms. The molecule has 8 rings (SSSR count). The molecular formula is C32H25BrSZr. The number of rotatable bonds is 1. The summed E-state index contributed by atoms with van der Waals surface area (Å²) in [7, 11) is 0. The first kappa shape index (κ1) is 27.7. The molecule has 0 amide bonds. The molecule has 0 nitrogen and oxygen atoms in total. The maximum Gasteiger partial charge on any atom is 4.00 e. The number of halogens is 1. The SMILES string of the molecule is Brc1cccc2c1C(c1ccccc1)[C-]=C2.[C-]1=Cc2cc3ccc2C1c1cccc(c1)S3.[CH3-].[CH3-].[Zr+4]. The molecule has 0 N–H and O–H groups in total. The average Bonchev–Trinajstić information content (AvgIpc) is 3.46. The molecule has 0 fully saturated rings. The Morgan fingerprint density at radius 2 is 1.31 bits per heavy atom. The molecule has 6 bridgehead atoms. The molecule has 3 heteroatoms. The van der Waals surface area contributed by atoms with E-state index in [1.807, 2.05) is 17.8 Å². The van der Waals surface area contributed by atoms with Gasteiger partial charge in [-0.15, -0.1) is 23.3 Å². The Morgan fingerprint density at radius 1 is 0.629 bits per heavy atom. The Balaban J connectivity index is 0.000000180. The van der Waals surface area contributed by atoms with E-state index < -0.39 is 0 Å². The summed E-state index contributed by atoms with van der Waals surface area (Å²) >= 11 is 5.46. The number of benzene rings is 4. The molecule has 0 saturated heterocycles. The van der Waals surface area contributed by atoms with Gasteiger partial charge in [-0.25, -0.2) is 12.2 Å². The van der Waals surface area contributed by atoms with Gasteiger partial charge in [0.2, 0.25) is 0 Å². The minimum Gasteiger partial charge on any atom is -0.358 e. The maximum atomic E-state index is 3.62. The van der Waals surface area contributed by atoms with Crippen molar-refractivity contribution < 1.29 is 26.2 Å². The van der Waals surface area contributed by atoms with E-state index in [0.717, 1.165) is 0 Å². The van der Waals surface area contributed by atoms with Crippen LogP contribution in [-0.4, -0.2) is 0 Å². The second kappa shape index (κ2) is 11.9. The van der Waals surface area contributed by atoms with Gasteiger partial charge in [-0.05, 0) is 17.0 Å². The fraction of sp³-hybridized carbons (Fsp3) is 0.0625. The zero-order valence-corrected chi connectivity index (χ0v) is 24.6. The van der Waals surface area contributed by atoms with Crippen LogP contribution >= 0.6 is 27.7 Å². The van der Waals surface area contributed by atoms with Crippen LogP contribution in [0.1, 0.15) is 45.2 Å². The molecule has 4 aromatic rings. The number of hydrogen-bond acceptors (Lipinski definition) is 1. The summed E-state index contributed by atoms with van der Waals surface area (Å²) in [5.41, 5.74) is 7.97. The molecule has 0 radical (unpaired) electrons. The smallest absolute Gasteiger partial charge is 0.358 e. The molecule has 0 saturated carbocycles. The van der Waals surface area contributed by atoms with Gasteiger partial charge in [0.1, 0.15) is 0 Å². The summed E-state index contributed by atoms with van der Waals surface area (Å²) in [5, 5.41) is 0. The third-order valence-corrected chi connectivity index (χ3v) is 7.79. The first-order valence-corrected chi connectivity index (χ1v) is 12.3. The number of hydrogen-bond donors (Lipinski definition) is 0. The van der Waals surface area contributed by atoms with Gasteiger partial charge in [0, 0.05) is 9.37 Å². The Hall–Kier alpha value is -1.93. The van der Waals surface area contributed by atoms with Crippen LogP contribution in [0.2, 0.25) is 0 Å². The Kier molecular flexibility index (Phi) is 9.38. The summed E-state index contributed by atoms with van der Waals surface area (Å²) < 4.78 is 1.17. The van der Waals surface area contributed by atoms with Crippen LogP contribution < -0.4 is 0 Å². The van der Waals surface area contributed by atoms with Crippen molar-refractivity contribution in [2.75, 3.05) is 0 Å². The second-order valence-electron chi connectivity index (χ2n) is 8.11. The van der Waals surface area contributed by atoms with Gasteiger partial charge in [0.05, 0.1) is 0 Å². The van der Waals surface area contributed by atoms with Crippen LogP contribution in [0.15, 0.2) is 105 Å². The first-order chi connectivity index (χ1) is 15.8. The summed E-state index contributed by atoms with van der Waals surface area (Å²) in [6.45, 7) is 0. The Labute approximate surface area is 241 Å². The molecule has 2 atom stereocenters. The van der Waals surface area contributed by atoms with Crippen molar-refractivity contribution in [2.24, 2.45) is 0 Å². The molecule has 2 aliphatic heterocycles. The quantitative estimate of drug-likeness (QED) is 0.193. The van der Waals surface area contributed by atoms with Crippen molar-refractivity contribution >= 4 is 39.8 Å². The van der Waals surface area contributed by atoms with Crippen molar-refractivity contribution in [3.8, 4) is 0 Å². The second-order valence-corrected chi connectivity index (χ2v) is 10.1. The van der Waals surface area contributed by atoms with E-state index >= 15 is 0 Å². The van der Waals surface area contributed by atoms with Crippen molar-refractivity contribution in [1.82, 2.24) is 0 Å². The fourth-order valence-electron chi connectivity index (χ4n) is 4.59. The van der Waals surface area contributed by atoms with Crippen molar-refractivity contribution in [3.63, 3.8) is 0 Å². The summed E-state index contributed by atoms with van der Waals surface area (Å²) in [6, 6.07) is 32.3. The van der Waals surface area contributed by atoms with Crippen LogP contribution in [0.4, 0.5) is 0 Å². The van der Waals surface area contributed by atoms with Crippen molar-refractivity contribution in [1.29, 1.82) is 0 Å². The molecule has 4 aliphatic rings. The zero-order valence-electron chi connectivity index (χ0n) is 19.8. The molecule has 2 unspecified atom stereocenters. The van der Waals surface area contributed by atoms with Gasteiger partial charge in [-0.3, -0.25) is 12.2 Å². The first-order valence-electron chi connectivity index (χ1n) is 10.7. The van der Waals surface area contributed by atoms with E-state index in [-0.39, 0.29) is 47.0 Å². The molecular weight excluding hydrogens is 588 g/mol. The predicted molar refractivity (Wildman–Crippen MR) is 150 cm³/mol. The van der Waals surface area contributed by atoms with Gasteiger partial charge < -0.3 is 14.9 Å². The topological polar surface area (TPSA) is 0 Å². The maximum absolute atomic E-state index is 3.62. The van der Waals surface area contributed by atoms with Crippen molar-refractivity contribution in [2.45, 2.75) is 21.6 Å². The van der Waals surface area contributed by atoms with Crippen LogP contribution in [0.25, 0.3) is 12.2 Å². The number of allylic oxidation sites excluding steroid dienone is 2. The van der Waals surface area contributed by atoms with Crippen molar-refractivity contribution in [3.05, 3.63) is 156 Å². The molecule has 2 heterocycles. The molecule has 0 spiro atoms. The minimum atomic E-state index is 0. The van der Waals surface area contributed by atoms with Crippen LogP contribution in [0.5, 0.6) is 0 Å². The fourth-order valence-corrected chi connectivity index (χ4v) is 6.13. The number of fused-ring (bicyclic) bond motifs is 2. The van der Waals surface area contributed by atoms with E-state index in [4.69, 9.17) is 0 Å². The summed E-state index contributed by atoms with van der Waals surface area (Å²) in [4.78, 5) is 2.64. The summed E-state index contributed by atoms with van der Waals surface area (Å²) in [6.07, 6.45) is 11.1. The van der Waals surface area contributed by atoms with Gasteiger partial charge in [-0.1, -0.05) is 117 Å². The molecule has 4 aromatic carbocycles. The third kappa shape index (κ3) is 5.43. The van der Waals surface area contributed by atoms with Crippen LogP contribution in [0.3, 0.4) is 0 Å². The van der Waals surface area contributed by atoms with Crippen LogP contribution in [-0.2, 0) is 26.2 Å². The monoisotopic (exact) mass is 610 g/mol. The molecule has 170 valence electrons. The standard InChI is InChI=1S/C15H10Br.C15H9S.2CH3.Zr/c16-14-8-4-7-12-9-10-13(15(12)14)11-5-2-1-3-6-11;1-2-10-8-12(3-1)16-13-5-7-15-11(9-13)4-6-14(10)15;;;/h1-9,13H;1-5,7-9,14H;2*1H3;/q4*-1;+4. The minimum absolute atomic E-state index is 0. The van der Waals surface area contributed by atoms with Crippen LogP contribution in [0, 0.1) is 27.0 Å². The average molecular weight is 613 g/mol. The van der Waals surface area contributed by atoms with E-state index in [9.17, 15) is 0 Å². The largest absolute Gasteiger partial charge is 4.00 e. The molecule has 2 aliphatic carbocycles.